The number of urea groups is 1. The van der Waals surface area contributed by atoms with Crippen LogP contribution < -0.4 is 10.9 Å². The van der Waals surface area contributed by atoms with Crippen LogP contribution in [0.15, 0.2) is 29.1 Å². The topological polar surface area (TPSA) is 67.2 Å². The molecule has 6 nitrogen and oxygen atoms in total. The molecule has 1 saturated heterocycles. The minimum Gasteiger partial charge on any atom is -0.324 e. The Morgan fingerprint density at radius 2 is 2.00 bits per heavy atom. The van der Waals surface area contributed by atoms with E-state index in [1.165, 1.54) is 31.3 Å². The standard InChI is InChI=1S/C18H19ClF2N4O2/c1-24-16(26)3-2-15(23-24)22-18(27)25-6-4-11(5-7-25)8-12-9-13(19)17(21)14(20)10-12/h2-3,9-11H,4-8H2,1H3,(H,22,23,27). The van der Waals surface area contributed by atoms with Gasteiger partial charge in [-0.05, 0) is 48.9 Å². The van der Waals surface area contributed by atoms with Gasteiger partial charge in [0, 0.05) is 26.2 Å². The largest absolute Gasteiger partial charge is 0.324 e. The molecule has 0 atom stereocenters. The van der Waals surface area contributed by atoms with Gasteiger partial charge in [0.1, 0.15) is 0 Å². The van der Waals surface area contributed by atoms with Crippen molar-refractivity contribution in [2.24, 2.45) is 13.0 Å². The summed E-state index contributed by atoms with van der Waals surface area (Å²) in [4.78, 5) is 25.3. The van der Waals surface area contributed by atoms with Gasteiger partial charge in [0.05, 0.1) is 5.02 Å². The van der Waals surface area contributed by atoms with E-state index in [0.29, 0.717) is 30.9 Å². The number of aromatic nitrogens is 2. The molecule has 0 unspecified atom stereocenters. The number of hydrogen-bond donors (Lipinski definition) is 1. The van der Waals surface area contributed by atoms with E-state index in [2.05, 4.69) is 10.4 Å². The summed E-state index contributed by atoms with van der Waals surface area (Å²) >= 11 is 5.70. The highest BCUT2D eigenvalue weighted by atomic mass is 35.5. The lowest BCUT2D eigenvalue weighted by molar-refractivity contribution is 0.182. The molecule has 1 aromatic heterocycles. The number of benzene rings is 1. The number of halogens is 3. The Bertz CT molecular complexity index is 887. The molecule has 0 spiro atoms. The van der Waals surface area contributed by atoms with Crippen molar-refractivity contribution in [3.63, 3.8) is 0 Å². The van der Waals surface area contributed by atoms with Crippen LogP contribution in [0.4, 0.5) is 19.4 Å². The van der Waals surface area contributed by atoms with Gasteiger partial charge in [-0.1, -0.05) is 11.6 Å². The van der Waals surface area contributed by atoms with Crippen LogP contribution in [0.5, 0.6) is 0 Å². The molecule has 1 N–H and O–H groups in total. The molecule has 1 aromatic carbocycles. The number of hydrogen-bond acceptors (Lipinski definition) is 3. The van der Waals surface area contributed by atoms with E-state index in [-0.39, 0.29) is 22.5 Å². The van der Waals surface area contributed by atoms with E-state index in [0.717, 1.165) is 17.5 Å². The molecule has 0 aliphatic carbocycles. The fourth-order valence-corrected chi connectivity index (χ4v) is 3.39. The highest BCUT2D eigenvalue weighted by molar-refractivity contribution is 6.30. The second-order valence-electron chi connectivity index (χ2n) is 6.62. The number of aryl methyl sites for hydroxylation is 1. The van der Waals surface area contributed by atoms with E-state index in [1.54, 1.807) is 4.90 Å². The zero-order valence-electron chi connectivity index (χ0n) is 14.7. The molecule has 1 aliphatic rings. The second kappa shape index (κ2) is 8.04. The Kier molecular flexibility index (Phi) is 5.74. The maximum atomic E-state index is 13.5. The number of anilines is 1. The van der Waals surface area contributed by atoms with Crippen molar-refractivity contribution < 1.29 is 13.6 Å². The number of nitrogens with one attached hydrogen (secondary N) is 1. The maximum absolute atomic E-state index is 13.5. The van der Waals surface area contributed by atoms with Crippen LogP contribution in [0.3, 0.4) is 0 Å². The van der Waals surface area contributed by atoms with Crippen molar-refractivity contribution in [1.29, 1.82) is 0 Å². The average Bonchev–Trinajstić information content (AvgIpc) is 2.63. The first kappa shape index (κ1) is 19.3. The van der Waals surface area contributed by atoms with Crippen LogP contribution in [0.25, 0.3) is 0 Å². The summed E-state index contributed by atoms with van der Waals surface area (Å²) < 4.78 is 27.9. The summed E-state index contributed by atoms with van der Waals surface area (Å²) in [6.45, 7) is 1.08. The molecule has 1 aliphatic heterocycles. The SMILES string of the molecule is Cn1nc(NC(=O)N2CCC(Cc3cc(F)c(F)c(Cl)c3)CC2)ccc1=O. The molecule has 2 aromatic rings. The van der Waals surface area contributed by atoms with Crippen molar-refractivity contribution in [2.45, 2.75) is 19.3 Å². The third-order valence-corrected chi connectivity index (χ3v) is 4.94. The van der Waals surface area contributed by atoms with Gasteiger partial charge in [-0.2, -0.15) is 5.10 Å². The second-order valence-corrected chi connectivity index (χ2v) is 7.03. The highest BCUT2D eigenvalue weighted by Gasteiger charge is 2.24. The van der Waals surface area contributed by atoms with Gasteiger partial charge in [-0.25, -0.2) is 18.3 Å². The molecule has 1 fully saturated rings. The minimum atomic E-state index is -1.03. The summed E-state index contributed by atoms with van der Waals surface area (Å²) in [7, 11) is 1.51. The normalized spacial score (nSPS) is 15.0. The molecule has 0 saturated carbocycles. The molecule has 0 radical (unpaired) electrons. The van der Waals surface area contributed by atoms with Crippen LogP contribution in [0.2, 0.25) is 5.02 Å². The van der Waals surface area contributed by atoms with Crippen molar-refractivity contribution in [3.8, 4) is 0 Å². The number of rotatable bonds is 3. The summed E-state index contributed by atoms with van der Waals surface area (Å²) in [5, 5.41) is 6.43. The minimum absolute atomic E-state index is 0.216. The van der Waals surface area contributed by atoms with Crippen molar-refractivity contribution in [1.82, 2.24) is 14.7 Å². The number of carbonyl (C=O) groups is 1. The molecule has 9 heteroatoms. The number of amides is 2. The van der Waals surface area contributed by atoms with Crippen molar-refractivity contribution in [3.05, 3.63) is 56.8 Å². The predicted octanol–water partition coefficient (Wildman–Crippen LogP) is 3.20. The first-order valence-electron chi connectivity index (χ1n) is 8.57. The summed E-state index contributed by atoms with van der Waals surface area (Å²) in [5.41, 5.74) is 0.391. The van der Waals surface area contributed by atoms with E-state index in [4.69, 9.17) is 11.6 Å². The van der Waals surface area contributed by atoms with Gasteiger partial charge in [0.25, 0.3) is 5.56 Å². The lowest BCUT2D eigenvalue weighted by Crippen LogP contribution is -2.41. The zero-order chi connectivity index (χ0) is 19.6. The first-order valence-corrected chi connectivity index (χ1v) is 8.95. The van der Waals surface area contributed by atoms with Crippen LogP contribution >= 0.6 is 11.6 Å². The maximum Gasteiger partial charge on any atom is 0.323 e. The molecular formula is C18H19ClF2N4O2. The number of nitrogens with zero attached hydrogens (tertiary/aromatic N) is 3. The summed E-state index contributed by atoms with van der Waals surface area (Å²) in [6, 6.07) is 5.13. The lowest BCUT2D eigenvalue weighted by atomic mass is 9.90. The van der Waals surface area contributed by atoms with Crippen molar-refractivity contribution >= 4 is 23.4 Å². The lowest BCUT2D eigenvalue weighted by Gasteiger charge is -2.32. The Labute approximate surface area is 159 Å². The summed E-state index contributed by atoms with van der Waals surface area (Å²) in [5.74, 6) is -1.41. The van der Waals surface area contributed by atoms with Crippen LogP contribution in [0, 0.1) is 17.6 Å². The van der Waals surface area contributed by atoms with Gasteiger partial charge in [-0.15, -0.1) is 0 Å². The molecule has 144 valence electrons. The van der Waals surface area contributed by atoms with E-state index in [1.807, 2.05) is 0 Å². The molecule has 0 bridgehead atoms. The smallest absolute Gasteiger partial charge is 0.323 e. The highest BCUT2D eigenvalue weighted by Crippen LogP contribution is 2.26. The quantitative estimate of drug-likeness (QED) is 0.810. The van der Waals surface area contributed by atoms with E-state index >= 15 is 0 Å². The summed E-state index contributed by atoms with van der Waals surface area (Å²) in [6.07, 6.45) is 2.06. The van der Waals surface area contributed by atoms with Crippen LogP contribution in [-0.4, -0.2) is 33.8 Å². The van der Waals surface area contributed by atoms with Crippen LogP contribution in [-0.2, 0) is 13.5 Å². The molecule has 27 heavy (non-hydrogen) atoms. The fourth-order valence-electron chi connectivity index (χ4n) is 3.16. The first-order chi connectivity index (χ1) is 12.8. The third-order valence-electron chi connectivity index (χ3n) is 4.67. The fraction of sp³-hybridized carbons (Fsp3) is 0.389. The average molecular weight is 397 g/mol. The van der Waals surface area contributed by atoms with Gasteiger partial charge in [0.15, 0.2) is 17.5 Å². The number of carbonyl (C=O) groups excluding carboxylic acids is 1. The molecule has 3 rings (SSSR count). The Morgan fingerprint density at radius 1 is 1.30 bits per heavy atom. The van der Waals surface area contributed by atoms with E-state index < -0.39 is 11.6 Å². The Hall–Kier alpha value is -2.48. The van der Waals surface area contributed by atoms with Gasteiger partial charge >= 0.3 is 6.03 Å². The molecular weight excluding hydrogens is 378 g/mol. The monoisotopic (exact) mass is 396 g/mol. The predicted molar refractivity (Wildman–Crippen MR) is 97.9 cm³/mol. The Balaban J connectivity index is 1.54. The number of likely N-dealkylation sites (tertiary alicyclic amines) is 1. The van der Waals surface area contributed by atoms with Crippen molar-refractivity contribution in [2.75, 3.05) is 18.4 Å². The molecule has 2 amide bonds. The number of piperidine rings is 1. The molecule has 2 heterocycles. The van der Waals surface area contributed by atoms with Crippen LogP contribution in [0.1, 0.15) is 18.4 Å². The van der Waals surface area contributed by atoms with Gasteiger partial charge in [0.2, 0.25) is 0 Å². The van der Waals surface area contributed by atoms with Gasteiger partial charge in [-0.3, -0.25) is 10.1 Å². The van der Waals surface area contributed by atoms with E-state index in [9.17, 15) is 18.4 Å². The van der Waals surface area contributed by atoms with Gasteiger partial charge < -0.3 is 4.90 Å². The zero-order valence-corrected chi connectivity index (χ0v) is 15.5. The third kappa shape index (κ3) is 4.63. The Morgan fingerprint density at radius 3 is 2.63 bits per heavy atom.